The van der Waals surface area contributed by atoms with Gasteiger partial charge in [0.1, 0.15) is 17.6 Å². The fourth-order valence-corrected chi connectivity index (χ4v) is 7.46. The second kappa shape index (κ2) is 14.1. The summed E-state index contributed by atoms with van der Waals surface area (Å²) in [5.41, 5.74) is 3.52. The van der Waals surface area contributed by atoms with Gasteiger partial charge in [-0.05, 0) is 91.0 Å². The Bertz CT molecular complexity index is 1860. The summed E-state index contributed by atoms with van der Waals surface area (Å²) in [6.07, 6.45) is 4.43. The number of benzene rings is 1. The summed E-state index contributed by atoms with van der Waals surface area (Å²) in [5, 5.41) is 7.71. The van der Waals surface area contributed by atoms with E-state index < -0.39 is 33.3 Å². The van der Waals surface area contributed by atoms with E-state index in [2.05, 4.69) is 9.68 Å². The fraction of sp³-hybridized carbons (Fsp3) is 0.543. The number of aryl methyl sites for hydroxylation is 1. The van der Waals surface area contributed by atoms with Gasteiger partial charge >= 0.3 is 6.09 Å². The van der Waals surface area contributed by atoms with Crippen molar-refractivity contribution >= 4 is 33.2 Å². The first-order valence-electron chi connectivity index (χ1n) is 16.6. The number of rotatable bonds is 6. The van der Waals surface area contributed by atoms with Crippen molar-refractivity contribution in [3.8, 4) is 11.1 Å². The van der Waals surface area contributed by atoms with Crippen LogP contribution in [0, 0.1) is 20.8 Å². The summed E-state index contributed by atoms with van der Waals surface area (Å²) in [6, 6.07) is 6.29. The zero-order chi connectivity index (χ0) is 35.7. The molecular weight excluding hydrogens is 654 g/mol. The maximum atomic E-state index is 14.4. The highest BCUT2D eigenvalue weighted by Crippen LogP contribution is 2.38. The highest BCUT2D eigenvalue weighted by molar-refractivity contribution is 7.93. The third-order valence-corrected chi connectivity index (χ3v) is 10.4. The lowest BCUT2D eigenvalue weighted by molar-refractivity contribution is -0.0407. The molecule has 0 radical (unpaired) electrons. The molecule has 5 rings (SSSR count). The minimum absolute atomic E-state index is 0.0353. The molecule has 1 N–H and O–H groups in total. The Hall–Kier alpha value is -3.91. The second-order valence-electron chi connectivity index (χ2n) is 13.9. The van der Waals surface area contributed by atoms with E-state index in [0.29, 0.717) is 35.8 Å². The average Bonchev–Trinajstić information content (AvgIpc) is 3.18. The quantitative estimate of drug-likeness (QED) is 0.276. The molecule has 14 heteroatoms. The van der Waals surface area contributed by atoms with Crippen molar-refractivity contribution in [2.75, 3.05) is 36.2 Å². The number of carbonyl (C=O) groups is 2. The van der Waals surface area contributed by atoms with Gasteiger partial charge in [0.15, 0.2) is 0 Å². The molecule has 11 nitrogen and oxygen atoms in total. The average molecular weight is 701 g/mol. The van der Waals surface area contributed by atoms with Gasteiger partial charge in [0.25, 0.3) is 5.91 Å². The van der Waals surface area contributed by atoms with Gasteiger partial charge in [-0.2, -0.15) is 5.10 Å². The van der Waals surface area contributed by atoms with E-state index in [1.165, 1.54) is 12.3 Å². The van der Waals surface area contributed by atoms with E-state index in [0.717, 1.165) is 36.2 Å². The Kier molecular flexibility index (Phi) is 10.5. The van der Waals surface area contributed by atoms with Crippen molar-refractivity contribution < 1.29 is 32.1 Å². The fourth-order valence-electron chi connectivity index (χ4n) is 6.36. The maximum absolute atomic E-state index is 14.4. The lowest BCUT2D eigenvalue weighted by Gasteiger charge is -2.26. The summed E-state index contributed by atoms with van der Waals surface area (Å²) in [4.78, 5) is 33.4. The number of amides is 2. The Morgan fingerprint density at radius 2 is 1.88 bits per heavy atom. The van der Waals surface area contributed by atoms with Gasteiger partial charge in [-0.15, -0.1) is 4.36 Å². The number of hydrogen-bond donors (Lipinski definition) is 1. The summed E-state index contributed by atoms with van der Waals surface area (Å²) in [6.45, 7) is 11.8. The van der Waals surface area contributed by atoms with E-state index in [1.54, 1.807) is 50.1 Å². The van der Waals surface area contributed by atoms with Crippen molar-refractivity contribution in [3.63, 3.8) is 0 Å². The summed E-state index contributed by atoms with van der Waals surface area (Å²) >= 11 is 0. The first kappa shape index (κ1) is 36.4. The summed E-state index contributed by atoms with van der Waals surface area (Å²) in [7, 11) is -3.22. The highest BCUT2D eigenvalue weighted by atomic mass is 32.2. The zero-order valence-electron chi connectivity index (χ0n) is 29.3. The van der Waals surface area contributed by atoms with Crippen molar-refractivity contribution in [2.24, 2.45) is 4.36 Å². The summed E-state index contributed by atoms with van der Waals surface area (Å²) < 4.78 is 59.2. The molecule has 2 fully saturated rings. The number of anilines is 2. The third kappa shape index (κ3) is 8.46. The van der Waals surface area contributed by atoms with E-state index in [1.807, 2.05) is 25.5 Å². The van der Waals surface area contributed by atoms with E-state index >= 15 is 0 Å². The number of carbonyl (C=O) groups excluding carboxylic acids is 2. The minimum atomic E-state index is -3.22. The van der Waals surface area contributed by atoms with Gasteiger partial charge in [-0.25, -0.2) is 27.5 Å². The predicted octanol–water partition coefficient (Wildman–Crippen LogP) is 7.84. The maximum Gasteiger partial charge on any atom is 0.442 e. The molecule has 3 aromatic rings. The molecule has 2 aliphatic rings. The van der Waals surface area contributed by atoms with Crippen molar-refractivity contribution in [2.45, 2.75) is 103 Å². The zero-order valence-corrected chi connectivity index (χ0v) is 30.1. The predicted molar refractivity (Wildman–Crippen MR) is 185 cm³/mol. The van der Waals surface area contributed by atoms with Gasteiger partial charge in [-0.3, -0.25) is 4.79 Å². The minimum Gasteiger partial charge on any atom is -0.442 e. The molecule has 2 amide bonds. The molecule has 1 unspecified atom stereocenters. The molecule has 2 saturated heterocycles. The van der Waals surface area contributed by atoms with Crippen LogP contribution >= 0.6 is 0 Å². The first-order valence-corrected chi connectivity index (χ1v) is 18.5. The number of aromatic nitrogens is 3. The molecule has 49 heavy (non-hydrogen) atoms. The molecule has 0 spiro atoms. The van der Waals surface area contributed by atoms with Gasteiger partial charge in [0, 0.05) is 72.4 Å². The Morgan fingerprint density at radius 3 is 2.57 bits per heavy atom. The van der Waals surface area contributed by atoms with E-state index in [4.69, 9.17) is 19.6 Å². The molecular formula is C35H46F2N6O5S. The monoisotopic (exact) mass is 700 g/mol. The van der Waals surface area contributed by atoms with Crippen LogP contribution < -0.4 is 10.2 Å². The molecule has 1 aromatic carbocycles. The molecule has 0 saturated carbocycles. The molecule has 2 aliphatic heterocycles. The van der Waals surface area contributed by atoms with Crippen LogP contribution in [0.1, 0.15) is 92.8 Å². The van der Waals surface area contributed by atoms with Gasteiger partial charge in [0.05, 0.1) is 21.0 Å². The molecule has 266 valence electrons. The molecule has 0 aliphatic carbocycles. The number of pyridine rings is 1. The third-order valence-electron chi connectivity index (χ3n) is 8.76. The molecule has 0 bridgehead atoms. The molecule has 2 atom stereocenters. The van der Waals surface area contributed by atoms with E-state index in [9.17, 15) is 22.6 Å². The summed E-state index contributed by atoms with van der Waals surface area (Å²) in [5.74, 6) is -3.00. The Morgan fingerprint density at radius 1 is 1.12 bits per heavy atom. The number of ether oxygens (including phenoxy) is 2. The lowest BCUT2D eigenvalue weighted by Crippen LogP contribution is -2.30. The number of halogens is 2. The Labute approximate surface area is 286 Å². The largest absolute Gasteiger partial charge is 0.442 e. The van der Waals surface area contributed by atoms with Crippen LogP contribution in [0.4, 0.5) is 25.1 Å². The van der Waals surface area contributed by atoms with E-state index in [-0.39, 0.29) is 42.5 Å². The van der Waals surface area contributed by atoms with Gasteiger partial charge in [-0.1, -0.05) is 6.07 Å². The van der Waals surface area contributed by atoms with Crippen molar-refractivity contribution in [1.82, 2.24) is 14.8 Å². The van der Waals surface area contributed by atoms with Crippen LogP contribution in [0.5, 0.6) is 0 Å². The normalized spacial score (nSPS) is 19.4. The number of alkyl halides is 2. The number of nitrogens with zero attached hydrogens (tertiary/aromatic N) is 5. The second-order valence-corrected chi connectivity index (χ2v) is 16.1. The molecule has 4 heterocycles. The van der Waals surface area contributed by atoms with Crippen molar-refractivity contribution in [1.29, 1.82) is 0 Å². The van der Waals surface area contributed by atoms with Crippen LogP contribution in [-0.4, -0.2) is 68.4 Å². The van der Waals surface area contributed by atoms with Crippen LogP contribution in [0.3, 0.4) is 0 Å². The first-order chi connectivity index (χ1) is 23.0. The Balaban J connectivity index is 1.55. The SMILES string of the molecule is Cc1nn(C2CCCCO2)c(C)c1-c1cnc(N2CCCC(F)(F)CC2)c(C(=O)Nc2cccc([S@@](C)(=O)=NC(=O)OC(C)(C)C)c2)c1C. The van der Waals surface area contributed by atoms with Crippen LogP contribution in [0.15, 0.2) is 39.7 Å². The topological polar surface area (TPSA) is 128 Å². The van der Waals surface area contributed by atoms with Crippen molar-refractivity contribution in [3.05, 3.63) is 53.0 Å². The standard InChI is InChI=1S/C35H46F2N6O5S/c1-22-27(30-23(2)40-43(24(30)3)28-14-8-9-19-47-28)21-38-31(42-17-11-15-35(36,37)16-18-42)29(22)32(44)39-25-12-10-13-26(20-25)49(7,46)41-33(45)48-34(4,5)6/h10,12-13,20-21,28H,8-9,11,14-19H2,1-7H3,(H,39,44)/t28?,49-/m1/s1. The van der Waals surface area contributed by atoms with Gasteiger partial charge in [0.2, 0.25) is 5.92 Å². The number of nitrogens with one attached hydrogen (secondary N) is 1. The van der Waals surface area contributed by atoms with Crippen LogP contribution in [0.2, 0.25) is 0 Å². The smallest absolute Gasteiger partial charge is 0.442 e. The number of hydrogen-bond acceptors (Lipinski definition) is 8. The van der Waals surface area contributed by atoms with Crippen LogP contribution in [0.25, 0.3) is 11.1 Å². The highest BCUT2D eigenvalue weighted by Gasteiger charge is 2.34. The molecule has 2 aromatic heterocycles. The lowest BCUT2D eigenvalue weighted by atomic mass is 9.96. The van der Waals surface area contributed by atoms with Gasteiger partial charge < -0.3 is 19.7 Å². The van der Waals surface area contributed by atoms with Crippen LogP contribution in [-0.2, 0) is 19.2 Å².